The number of phosphoric acid groups is 2. The molecule has 101 heavy (non-hydrogen) atoms. The Morgan fingerprint density at radius 1 is 0.248 bits per heavy atom. The third-order valence-corrected chi connectivity index (χ3v) is 21.0. The Labute approximate surface area is 619 Å². The van der Waals surface area contributed by atoms with Gasteiger partial charge in [0, 0.05) is 25.7 Å². The van der Waals surface area contributed by atoms with Crippen molar-refractivity contribution in [1.82, 2.24) is 0 Å². The molecular weight excluding hydrogens is 1320 g/mol. The molecule has 0 bridgehead atoms. The quantitative estimate of drug-likeness (QED) is 0.0222. The highest BCUT2D eigenvalue weighted by molar-refractivity contribution is 7.47. The maximum atomic E-state index is 13.1. The van der Waals surface area contributed by atoms with Crippen LogP contribution in [0.25, 0.3) is 0 Å². The zero-order valence-electron chi connectivity index (χ0n) is 66.5. The van der Waals surface area contributed by atoms with Crippen molar-refractivity contribution in [2.45, 2.75) is 440 Å². The lowest BCUT2D eigenvalue weighted by molar-refractivity contribution is -0.161. The molecule has 0 aromatic carbocycles. The fourth-order valence-electron chi connectivity index (χ4n) is 12.6. The van der Waals surface area contributed by atoms with Gasteiger partial charge in [0.15, 0.2) is 12.2 Å². The molecular formula is C82H160O17P2. The zero-order chi connectivity index (χ0) is 74.6. The van der Waals surface area contributed by atoms with E-state index in [1.165, 1.54) is 218 Å². The van der Waals surface area contributed by atoms with E-state index in [1.807, 2.05) is 0 Å². The fourth-order valence-corrected chi connectivity index (χ4v) is 14.2. The minimum absolute atomic E-state index is 0.106. The zero-order valence-corrected chi connectivity index (χ0v) is 68.3. The standard InChI is InChI=1S/C82H160O17P2/c1-72(2)58-50-42-34-28-22-16-13-11-9-10-12-14-18-26-32-38-48-56-64-81(86)98-77(68-92-79(84)62-54-46-37-31-25-21-20-24-30-36-44-52-60-74(5)6)70-96-100(88,89)94-66-76(83)67-95-101(90,91)97-71-78(69-93-80(85)63-55-47-41-40-45-53-61-75(7)8)99-82(87)65-57-49-39-33-27-19-15-17-23-29-35-43-51-59-73(3)4/h72-78,83H,9-71H2,1-8H3,(H,88,89)(H,90,91)/t76-,77-,78-/m1/s1. The SMILES string of the molecule is CC(C)CCCCCCCCCCCCCCCCCCCCC(=O)O[C@H](COC(=O)CCCCCCCCCCCCCCC(C)C)COP(=O)(O)OC[C@@H](O)COP(=O)(O)OC[C@@H](COC(=O)CCCCCCCCC(C)C)OC(=O)CCCCCCCCCCCCCCCC(C)C. The first-order valence-electron chi connectivity index (χ1n) is 42.2. The van der Waals surface area contributed by atoms with Gasteiger partial charge in [0.1, 0.15) is 19.3 Å². The summed E-state index contributed by atoms with van der Waals surface area (Å²) in [4.78, 5) is 73.0. The Bertz CT molecular complexity index is 1970. The van der Waals surface area contributed by atoms with Crippen LogP contribution in [0.4, 0.5) is 0 Å². The number of phosphoric ester groups is 2. The van der Waals surface area contributed by atoms with Crippen LogP contribution >= 0.6 is 15.6 Å². The Morgan fingerprint density at radius 3 is 0.614 bits per heavy atom. The molecule has 19 heteroatoms. The lowest BCUT2D eigenvalue weighted by Crippen LogP contribution is -2.30. The third kappa shape index (κ3) is 76.1. The van der Waals surface area contributed by atoms with E-state index in [0.29, 0.717) is 31.6 Å². The van der Waals surface area contributed by atoms with Gasteiger partial charge in [0.25, 0.3) is 0 Å². The van der Waals surface area contributed by atoms with E-state index in [9.17, 15) is 43.2 Å². The van der Waals surface area contributed by atoms with Crippen molar-refractivity contribution in [3.63, 3.8) is 0 Å². The van der Waals surface area contributed by atoms with Crippen LogP contribution in [0.1, 0.15) is 421 Å². The lowest BCUT2D eigenvalue weighted by atomic mass is 10.0. The van der Waals surface area contributed by atoms with Crippen molar-refractivity contribution >= 4 is 39.5 Å². The average Bonchev–Trinajstić information content (AvgIpc) is 0.966. The van der Waals surface area contributed by atoms with Crippen molar-refractivity contribution < 1.29 is 80.2 Å². The highest BCUT2D eigenvalue weighted by atomic mass is 31.2. The molecule has 0 amide bonds. The van der Waals surface area contributed by atoms with E-state index >= 15 is 0 Å². The highest BCUT2D eigenvalue weighted by Crippen LogP contribution is 2.45. The summed E-state index contributed by atoms with van der Waals surface area (Å²) >= 11 is 0. The lowest BCUT2D eigenvalue weighted by Gasteiger charge is -2.21. The molecule has 0 radical (unpaired) electrons. The van der Waals surface area contributed by atoms with E-state index in [1.54, 1.807) is 0 Å². The molecule has 17 nitrogen and oxygen atoms in total. The van der Waals surface area contributed by atoms with Gasteiger partial charge in [-0.3, -0.25) is 37.3 Å². The van der Waals surface area contributed by atoms with Crippen LogP contribution in [0.3, 0.4) is 0 Å². The molecule has 0 rings (SSSR count). The number of aliphatic hydroxyl groups is 1. The van der Waals surface area contributed by atoms with Crippen LogP contribution in [-0.4, -0.2) is 96.7 Å². The number of hydrogen-bond acceptors (Lipinski definition) is 15. The summed E-state index contributed by atoms with van der Waals surface area (Å²) < 4.78 is 68.7. The van der Waals surface area contributed by atoms with Crippen LogP contribution in [0.2, 0.25) is 0 Å². The molecule has 5 atom stereocenters. The number of rotatable bonds is 79. The summed E-state index contributed by atoms with van der Waals surface area (Å²) in [6.07, 6.45) is 58.5. The second-order valence-electron chi connectivity index (χ2n) is 31.4. The largest absolute Gasteiger partial charge is 0.472 e. The van der Waals surface area contributed by atoms with Crippen LogP contribution in [-0.2, 0) is 65.4 Å². The first-order valence-corrected chi connectivity index (χ1v) is 45.2. The van der Waals surface area contributed by atoms with Gasteiger partial charge in [-0.05, 0) is 49.4 Å². The molecule has 0 aromatic heterocycles. The van der Waals surface area contributed by atoms with Gasteiger partial charge in [-0.25, -0.2) is 9.13 Å². The molecule has 0 saturated carbocycles. The number of unbranched alkanes of at least 4 members (excludes halogenated alkanes) is 45. The van der Waals surface area contributed by atoms with Crippen molar-refractivity contribution in [3.05, 3.63) is 0 Å². The molecule has 3 N–H and O–H groups in total. The van der Waals surface area contributed by atoms with Crippen LogP contribution in [0.15, 0.2) is 0 Å². The van der Waals surface area contributed by atoms with Gasteiger partial charge in [0.05, 0.1) is 26.4 Å². The summed E-state index contributed by atoms with van der Waals surface area (Å²) in [7, 11) is -9.92. The summed E-state index contributed by atoms with van der Waals surface area (Å²) in [5.41, 5.74) is 0. The first-order chi connectivity index (χ1) is 48.6. The number of hydrogen-bond donors (Lipinski definition) is 3. The van der Waals surface area contributed by atoms with E-state index in [-0.39, 0.29) is 25.7 Å². The van der Waals surface area contributed by atoms with Crippen LogP contribution in [0.5, 0.6) is 0 Å². The predicted molar refractivity (Wildman–Crippen MR) is 414 cm³/mol. The Morgan fingerprint density at radius 2 is 0.416 bits per heavy atom. The summed E-state index contributed by atoms with van der Waals surface area (Å²) in [6, 6.07) is 0. The topological polar surface area (TPSA) is 237 Å². The van der Waals surface area contributed by atoms with Gasteiger partial charge in [-0.1, -0.05) is 370 Å². The second kappa shape index (κ2) is 71.0. The molecule has 2 unspecified atom stereocenters. The monoisotopic (exact) mass is 1480 g/mol. The molecule has 0 saturated heterocycles. The predicted octanol–water partition coefficient (Wildman–Crippen LogP) is 24.4. The molecule has 0 aliphatic carbocycles. The number of carbonyl (C=O) groups excluding carboxylic acids is 4. The summed E-state index contributed by atoms with van der Waals surface area (Å²) in [5, 5.41) is 10.6. The molecule has 600 valence electrons. The van der Waals surface area contributed by atoms with Crippen molar-refractivity contribution in [2.75, 3.05) is 39.6 Å². The number of aliphatic hydroxyl groups excluding tert-OH is 1. The Kier molecular flexibility index (Phi) is 69.6. The van der Waals surface area contributed by atoms with E-state index < -0.39 is 97.5 Å². The van der Waals surface area contributed by atoms with E-state index in [2.05, 4.69) is 55.4 Å². The van der Waals surface area contributed by atoms with E-state index in [0.717, 1.165) is 114 Å². The summed E-state index contributed by atoms with van der Waals surface area (Å²) in [5.74, 6) is 0.953. The molecule has 0 aromatic rings. The highest BCUT2D eigenvalue weighted by Gasteiger charge is 2.30. The summed E-state index contributed by atoms with van der Waals surface area (Å²) in [6.45, 7) is 14.2. The Balaban J connectivity index is 5.21. The van der Waals surface area contributed by atoms with E-state index in [4.69, 9.17) is 37.0 Å². The number of carbonyl (C=O) groups is 4. The molecule has 0 fully saturated rings. The Hall–Kier alpha value is -1.94. The van der Waals surface area contributed by atoms with Gasteiger partial charge in [-0.2, -0.15) is 0 Å². The van der Waals surface area contributed by atoms with Gasteiger partial charge in [-0.15, -0.1) is 0 Å². The van der Waals surface area contributed by atoms with Crippen molar-refractivity contribution in [2.24, 2.45) is 23.7 Å². The maximum Gasteiger partial charge on any atom is 0.472 e. The molecule has 0 aliphatic heterocycles. The molecule has 0 heterocycles. The minimum atomic E-state index is -4.96. The van der Waals surface area contributed by atoms with Crippen molar-refractivity contribution in [1.29, 1.82) is 0 Å². The second-order valence-corrected chi connectivity index (χ2v) is 34.3. The van der Waals surface area contributed by atoms with Crippen molar-refractivity contribution in [3.8, 4) is 0 Å². The third-order valence-electron chi connectivity index (χ3n) is 19.1. The maximum absolute atomic E-state index is 13.1. The minimum Gasteiger partial charge on any atom is -0.462 e. The number of ether oxygens (including phenoxy) is 4. The van der Waals surface area contributed by atoms with Crippen LogP contribution in [0, 0.1) is 23.7 Å². The average molecular weight is 1480 g/mol. The normalized spacial score (nSPS) is 14.0. The smallest absolute Gasteiger partial charge is 0.462 e. The van der Waals surface area contributed by atoms with Crippen LogP contribution < -0.4 is 0 Å². The first kappa shape index (κ1) is 99.1. The van der Waals surface area contributed by atoms with Gasteiger partial charge in [0.2, 0.25) is 0 Å². The van der Waals surface area contributed by atoms with Gasteiger partial charge >= 0.3 is 39.5 Å². The molecule has 0 spiro atoms. The fraction of sp³-hybridized carbons (Fsp3) is 0.951. The molecule has 0 aliphatic rings. The number of esters is 4. The van der Waals surface area contributed by atoms with Gasteiger partial charge < -0.3 is 33.8 Å².